The van der Waals surface area contributed by atoms with Crippen molar-refractivity contribution in [3.8, 4) is 0 Å². The molecule has 0 amide bonds. The van der Waals surface area contributed by atoms with E-state index in [4.69, 9.17) is 5.73 Å². The second-order valence-corrected chi connectivity index (χ2v) is 4.55. The van der Waals surface area contributed by atoms with Gasteiger partial charge in [0, 0.05) is 12.1 Å². The van der Waals surface area contributed by atoms with Gasteiger partial charge in [-0.2, -0.15) is 0 Å². The van der Waals surface area contributed by atoms with Crippen LogP contribution in [-0.4, -0.2) is 30.1 Å². The minimum atomic E-state index is 0.432. The monoisotopic (exact) mass is 198 g/mol. The lowest BCUT2D eigenvalue weighted by Crippen LogP contribution is -2.50. The van der Waals surface area contributed by atoms with Crippen LogP contribution in [0.15, 0.2) is 0 Å². The third-order valence-electron chi connectivity index (χ3n) is 3.27. The summed E-state index contributed by atoms with van der Waals surface area (Å²) in [6.07, 6.45) is 7.77. The highest BCUT2D eigenvalue weighted by molar-refractivity contribution is 4.85. The first kappa shape index (κ1) is 12.0. The van der Waals surface area contributed by atoms with Crippen LogP contribution in [0.3, 0.4) is 0 Å². The van der Waals surface area contributed by atoms with Crippen LogP contribution in [0.5, 0.6) is 0 Å². The fourth-order valence-electron chi connectivity index (χ4n) is 2.61. The van der Waals surface area contributed by atoms with Crippen molar-refractivity contribution in [1.29, 1.82) is 0 Å². The Morgan fingerprint density at radius 3 is 2.14 bits per heavy atom. The van der Waals surface area contributed by atoms with Gasteiger partial charge in [0.25, 0.3) is 0 Å². The summed E-state index contributed by atoms with van der Waals surface area (Å²) in [5, 5.41) is 0. The molecule has 1 fully saturated rings. The van der Waals surface area contributed by atoms with E-state index in [0.29, 0.717) is 12.1 Å². The average Bonchev–Trinajstić information content (AvgIpc) is 2.18. The van der Waals surface area contributed by atoms with Crippen LogP contribution >= 0.6 is 0 Å². The van der Waals surface area contributed by atoms with Gasteiger partial charge in [-0.15, -0.1) is 0 Å². The normalized spacial score (nSPS) is 28.3. The molecule has 2 nitrogen and oxygen atoms in total. The maximum absolute atomic E-state index is 6.20. The third kappa shape index (κ3) is 3.25. The fourth-order valence-corrected chi connectivity index (χ4v) is 2.61. The summed E-state index contributed by atoms with van der Waals surface area (Å²) < 4.78 is 0. The number of hydrogen-bond donors (Lipinski definition) is 1. The van der Waals surface area contributed by atoms with E-state index >= 15 is 0 Å². The molecular weight excluding hydrogens is 172 g/mol. The summed E-state index contributed by atoms with van der Waals surface area (Å²) in [5.74, 6) is 0. The molecular formula is C12H26N2. The molecule has 2 heteroatoms. The quantitative estimate of drug-likeness (QED) is 0.735. The van der Waals surface area contributed by atoms with Crippen molar-refractivity contribution in [1.82, 2.24) is 4.90 Å². The average molecular weight is 198 g/mol. The van der Waals surface area contributed by atoms with Crippen LogP contribution in [0.25, 0.3) is 0 Å². The Balaban J connectivity index is 2.46. The lowest BCUT2D eigenvalue weighted by molar-refractivity contribution is 0.137. The van der Waals surface area contributed by atoms with E-state index in [1.807, 2.05) is 0 Å². The Morgan fingerprint density at radius 2 is 1.64 bits per heavy atom. The molecule has 0 aromatic rings. The molecule has 1 saturated carbocycles. The van der Waals surface area contributed by atoms with Gasteiger partial charge in [-0.1, -0.05) is 26.7 Å². The zero-order valence-corrected chi connectivity index (χ0v) is 9.84. The number of nitrogens with two attached hydrogens (primary N) is 1. The number of rotatable bonds is 5. The molecule has 1 aliphatic rings. The predicted octanol–water partition coefficient (Wildman–Crippen LogP) is 2.38. The van der Waals surface area contributed by atoms with Crippen molar-refractivity contribution in [2.75, 3.05) is 13.1 Å². The van der Waals surface area contributed by atoms with Gasteiger partial charge in [0.2, 0.25) is 0 Å². The van der Waals surface area contributed by atoms with Crippen molar-refractivity contribution in [3.05, 3.63) is 0 Å². The standard InChI is InChI=1S/C12H26N2/c1-3-9-14(10-4-2)12-8-6-5-7-11(12)13/h11-12H,3-10,13H2,1-2H3/t11-,12-/m1/s1. The van der Waals surface area contributed by atoms with Gasteiger partial charge in [0.05, 0.1) is 0 Å². The maximum Gasteiger partial charge on any atom is 0.0247 e. The highest BCUT2D eigenvalue weighted by Gasteiger charge is 2.26. The summed E-state index contributed by atoms with van der Waals surface area (Å²) in [5.41, 5.74) is 6.20. The van der Waals surface area contributed by atoms with E-state index < -0.39 is 0 Å². The largest absolute Gasteiger partial charge is 0.326 e. The molecule has 2 N–H and O–H groups in total. The van der Waals surface area contributed by atoms with Gasteiger partial charge >= 0.3 is 0 Å². The van der Waals surface area contributed by atoms with Crippen LogP contribution in [0, 0.1) is 0 Å². The first-order valence-electron chi connectivity index (χ1n) is 6.29. The SMILES string of the molecule is CCCN(CCC)[C@@H]1CCCC[C@H]1N. The predicted molar refractivity (Wildman–Crippen MR) is 62.4 cm³/mol. The zero-order chi connectivity index (χ0) is 10.4. The number of hydrogen-bond acceptors (Lipinski definition) is 2. The van der Waals surface area contributed by atoms with Gasteiger partial charge in [-0.25, -0.2) is 0 Å². The van der Waals surface area contributed by atoms with Crippen LogP contribution in [-0.2, 0) is 0 Å². The van der Waals surface area contributed by atoms with Crippen molar-refractivity contribution >= 4 is 0 Å². The number of nitrogens with zero attached hydrogens (tertiary/aromatic N) is 1. The van der Waals surface area contributed by atoms with Crippen molar-refractivity contribution in [3.63, 3.8) is 0 Å². The summed E-state index contributed by atoms with van der Waals surface area (Å²) in [6, 6.07) is 1.10. The first-order valence-corrected chi connectivity index (χ1v) is 6.29. The summed E-state index contributed by atoms with van der Waals surface area (Å²) in [4.78, 5) is 2.61. The first-order chi connectivity index (χ1) is 6.79. The van der Waals surface area contributed by atoms with Gasteiger partial charge in [0.1, 0.15) is 0 Å². The molecule has 2 atom stereocenters. The van der Waals surface area contributed by atoms with Crippen LogP contribution in [0.1, 0.15) is 52.4 Å². The molecule has 0 unspecified atom stereocenters. The molecule has 0 aromatic carbocycles. The molecule has 0 aliphatic heterocycles. The van der Waals surface area contributed by atoms with E-state index in [1.54, 1.807) is 0 Å². The topological polar surface area (TPSA) is 29.3 Å². The molecule has 0 heterocycles. The molecule has 0 bridgehead atoms. The Labute approximate surface area is 88.8 Å². The van der Waals surface area contributed by atoms with Crippen LogP contribution < -0.4 is 5.73 Å². The second-order valence-electron chi connectivity index (χ2n) is 4.55. The molecule has 1 rings (SSSR count). The Kier molecular flexibility index (Phi) is 5.49. The molecule has 0 aromatic heterocycles. The Morgan fingerprint density at radius 1 is 1.07 bits per heavy atom. The van der Waals surface area contributed by atoms with Crippen LogP contribution in [0.2, 0.25) is 0 Å². The third-order valence-corrected chi connectivity index (χ3v) is 3.27. The van der Waals surface area contributed by atoms with Crippen molar-refractivity contribution in [2.24, 2.45) is 5.73 Å². The smallest absolute Gasteiger partial charge is 0.0247 e. The van der Waals surface area contributed by atoms with Gasteiger partial charge in [-0.3, -0.25) is 4.90 Å². The molecule has 1 aliphatic carbocycles. The Hall–Kier alpha value is -0.0800. The molecule has 0 spiro atoms. The van der Waals surface area contributed by atoms with Crippen molar-refractivity contribution in [2.45, 2.75) is 64.5 Å². The van der Waals surface area contributed by atoms with Crippen molar-refractivity contribution < 1.29 is 0 Å². The highest BCUT2D eigenvalue weighted by atomic mass is 15.2. The fraction of sp³-hybridized carbons (Fsp3) is 1.00. The molecule has 14 heavy (non-hydrogen) atoms. The summed E-state index contributed by atoms with van der Waals surface area (Å²) in [6.45, 7) is 6.98. The second kappa shape index (κ2) is 6.41. The highest BCUT2D eigenvalue weighted by Crippen LogP contribution is 2.22. The van der Waals surface area contributed by atoms with E-state index in [2.05, 4.69) is 18.7 Å². The van der Waals surface area contributed by atoms with E-state index in [-0.39, 0.29) is 0 Å². The van der Waals surface area contributed by atoms with E-state index in [1.165, 1.54) is 51.6 Å². The van der Waals surface area contributed by atoms with E-state index in [0.717, 1.165) is 0 Å². The minimum absolute atomic E-state index is 0.432. The molecule has 84 valence electrons. The summed E-state index contributed by atoms with van der Waals surface area (Å²) >= 11 is 0. The van der Waals surface area contributed by atoms with Gasteiger partial charge in [0.15, 0.2) is 0 Å². The molecule has 0 radical (unpaired) electrons. The van der Waals surface area contributed by atoms with Gasteiger partial charge in [-0.05, 0) is 38.8 Å². The minimum Gasteiger partial charge on any atom is -0.326 e. The zero-order valence-electron chi connectivity index (χ0n) is 9.84. The lowest BCUT2D eigenvalue weighted by atomic mass is 9.89. The van der Waals surface area contributed by atoms with Gasteiger partial charge < -0.3 is 5.73 Å². The maximum atomic E-state index is 6.20. The molecule has 0 saturated heterocycles. The summed E-state index contributed by atoms with van der Waals surface area (Å²) in [7, 11) is 0. The van der Waals surface area contributed by atoms with E-state index in [9.17, 15) is 0 Å². The lowest BCUT2D eigenvalue weighted by Gasteiger charge is -2.38. The van der Waals surface area contributed by atoms with Crippen LogP contribution in [0.4, 0.5) is 0 Å². The Bertz CT molecular complexity index is 141.